The lowest BCUT2D eigenvalue weighted by Gasteiger charge is -2.31. The molecule has 2 N–H and O–H groups in total. The third-order valence-electron chi connectivity index (χ3n) is 3.86. The van der Waals surface area contributed by atoms with E-state index in [1.54, 1.807) is 26.0 Å². The van der Waals surface area contributed by atoms with Crippen molar-refractivity contribution in [2.45, 2.75) is 30.5 Å². The number of aliphatic hydroxyl groups is 1. The van der Waals surface area contributed by atoms with Crippen molar-refractivity contribution in [3.05, 3.63) is 65.2 Å². The van der Waals surface area contributed by atoms with Gasteiger partial charge >= 0.3 is 6.18 Å². The highest BCUT2D eigenvalue weighted by Gasteiger charge is 2.55. The zero-order valence-corrected chi connectivity index (χ0v) is 14.4. The molecule has 0 aliphatic rings. The first-order valence-corrected chi connectivity index (χ1v) is 8.87. The fourth-order valence-corrected chi connectivity index (χ4v) is 3.74. The van der Waals surface area contributed by atoms with E-state index in [0.29, 0.717) is 5.56 Å². The van der Waals surface area contributed by atoms with Crippen LogP contribution in [0.15, 0.2) is 53.4 Å². The van der Waals surface area contributed by atoms with Crippen LogP contribution in [-0.4, -0.2) is 26.2 Å². The minimum Gasteiger partial charge on any atom is -0.375 e. The van der Waals surface area contributed by atoms with Crippen LogP contribution in [0.25, 0.3) is 0 Å². The summed E-state index contributed by atoms with van der Waals surface area (Å²) in [5, 5.41) is 10.2. The third kappa shape index (κ3) is 4.02. The minimum absolute atomic E-state index is 0.129. The second kappa shape index (κ2) is 6.78. The van der Waals surface area contributed by atoms with E-state index in [1.807, 2.05) is 4.72 Å². The third-order valence-corrected chi connectivity index (χ3v) is 5.42. The molecule has 2 rings (SSSR count). The molecule has 0 saturated carbocycles. The Morgan fingerprint density at radius 1 is 1.04 bits per heavy atom. The smallest absolute Gasteiger partial charge is 0.375 e. The van der Waals surface area contributed by atoms with E-state index >= 15 is 0 Å². The number of hydrogen-bond acceptors (Lipinski definition) is 3. The lowest BCUT2D eigenvalue weighted by Crippen LogP contribution is -2.51. The lowest BCUT2D eigenvalue weighted by atomic mass is 9.93. The zero-order chi connectivity index (χ0) is 18.9. The summed E-state index contributed by atoms with van der Waals surface area (Å²) in [5.41, 5.74) is -2.54. The van der Waals surface area contributed by atoms with Gasteiger partial charge in [0.1, 0.15) is 0 Å². The van der Waals surface area contributed by atoms with Gasteiger partial charge in [0, 0.05) is 0 Å². The quantitative estimate of drug-likeness (QED) is 0.847. The maximum Gasteiger partial charge on any atom is 0.422 e. The summed E-state index contributed by atoms with van der Waals surface area (Å²) in [6.07, 6.45) is -5.06. The fourth-order valence-electron chi connectivity index (χ4n) is 2.46. The number of halogens is 3. The molecule has 0 spiro atoms. The molecule has 0 fully saturated rings. The number of benzene rings is 2. The Morgan fingerprint density at radius 3 is 2.16 bits per heavy atom. The summed E-state index contributed by atoms with van der Waals surface area (Å²) in [6, 6.07) is 10.9. The van der Waals surface area contributed by atoms with E-state index in [4.69, 9.17) is 0 Å². The maximum atomic E-state index is 13.4. The molecule has 0 aliphatic heterocycles. The van der Waals surface area contributed by atoms with Crippen molar-refractivity contribution in [1.82, 2.24) is 4.72 Å². The predicted molar refractivity (Wildman–Crippen MR) is 87.5 cm³/mol. The van der Waals surface area contributed by atoms with Crippen molar-refractivity contribution in [3.63, 3.8) is 0 Å². The number of aryl methyl sites for hydroxylation is 2. The highest BCUT2D eigenvalue weighted by atomic mass is 32.2. The van der Waals surface area contributed by atoms with E-state index < -0.39 is 33.9 Å². The summed E-state index contributed by atoms with van der Waals surface area (Å²) >= 11 is 0. The molecule has 2 aromatic carbocycles. The van der Waals surface area contributed by atoms with Gasteiger partial charge in [0.2, 0.25) is 10.0 Å². The highest BCUT2D eigenvalue weighted by molar-refractivity contribution is 7.89. The van der Waals surface area contributed by atoms with Gasteiger partial charge in [-0.3, -0.25) is 0 Å². The summed E-state index contributed by atoms with van der Waals surface area (Å²) in [5.74, 6) is 0. The van der Waals surface area contributed by atoms with Crippen LogP contribution in [0.2, 0.25) is 0 Å². The first-order valence-electron chi connectivity index (χ1n) is 7.39. The normalized spacial score (nSPS) is 15.0. The van der Waals surface area contributed by atoms with Gasteiger partial charge in [-0.2, -0.15) is 13.2 Å². The van der Waals surface area contributed by atoms with Gasteiger partial charge in [0.25, 0.3) is 0 Å². The van der Waals surface area contributed by atoms with Crippen LogP contribution in [-0.2, 0) is 15.6 Å². The van der Waals surface area contributed by atoms with Crippen molar-refractivity contribution >= 4 is 10.0 Å². The molecule has 4 nitrogen and oxygen atoms in total. The monoisotopic (exact) mass is 373 g/mol. The Bertz CT molecular complexity index is 851. The van der Waals surface area contributed by atoms with Crippen LogP contribution < -0.4 is 4.72 Å². The molecule has 25 heavy (non-hydrogen) atoms. The molecule has 0 aliphatic carbocycles. The van der Waals surface area contributed by atoms with Gasteiger partial charge in [0.05, 0.1) is 11.4 Å². The molecule has 2 aromatic rings. The average Bonchev–Trinajstić information content (AvgIpc) is 2.52. The fraction of sp³-hybridized carbons (Fsp3) is 0.294. The van der Waals surface area contributed by atoms with Crippen LogP contribution in [0.3, 0.4) is 0 Å². The second-order valence-corrected chi connectivity index (χ2v) is 7.55. The van der Waals surface area contributed by atoms with Crippen LogP contribution in [0.5, 0.6) is 0 Å². The van der Waals surface area contributed by atoms with Crippen LogP contribution in [0.4, 0.5) is 13.2 Å². The van der Waals surface area contributed by atoms with E-state index in [2.05, 4.69) is 0 Å². The molecule has 0 radical (unpaired) electrons. The molecule has 0 saturated heterocycles. The predicted octanol–water partition coefficient (Wildman–Crippen LogP) is 3.03. The van der Waals surface area contributed by atoms with E-state index in [9.17, 15) is 26.7 Å². The largest absolute Gasteiger partial charge is 0.422 e. The van der Waals surface area contributed by atoms with E-state index in [0.717, 1.165) is 17.7 Å². The molecule has 136 valence electrons. The van der Waals surface area contributed by atoms with Crippen molar-refractivity contribution in [2.24, 2.45) is 0 Å². The van der Waals surface area contributed by atoms with Crippen molar-refractivity contribution in [2.75, 3.05) is 6.54 Å². The number of hydrogen-bond donors (Lipinski definition) is 2. The molecule has 0 aromatic heterocycles. The molecule has 1 unspecified atom stereocenters. The molecular formula is C17H18F3NO3S. The summed E-state index contributed by atoms with van der Waals surface area (Å²) < 4.78 is 66.9. The van der Waals surface area contributed by atoms with Gasteiger partial charge in [-0.25, -0.2) is 13.1 Å². The summed E-state index contributed by atoms with van der Waals surface area (Å²) in [7, 11) is -4.22. The Hall–Kier alpha value is -1.90. The second-order valence-electron chi connectivity index (χ2n) is 5.82. The lowest BCUT2D eigenvalue weighted by molar-refractivity contribution is -0.263. The Balaban J connectivity index is 2.35. The van der Waals surface area contributed by atoms with Gasteiger partial charge in [0.15, 0.2) is 5.60 Å². The highest BCUT2D eigenvalue weighted by Crippen LogP contribution is 2.38. The van der Waals surface area contributed by atoms with Gasteiger partial charge in [-0.15, -0.1) is 0 Å². The minimum atomic E-state index is -5.06. The zero-order valence-electron chi connectivity index (χ0n) is 13.6. The summed E-state index contributed by atoms with van der Waals surface area (Å²) in [4.78, 5) is -0.129. The maximum absolute atomic E-state index is 13.4. The standard InChI is InChI=1S/C17H18F3NO3S/c1-12-8-9-15(13(2)10-12)25(23,24)21-11-16(22,17(18,19)20)14-6-4-3-5-7-14/h3-10,21-22H,11H2,1-2H3. The van der Waals surface area contributed by atoms with Crippen molar-refractivity contribution in [3.8, 4) is 0 Å². The number of alkyl halides is 3. The Morgan fingerprint density at radius 2 is 1.64 bits per heavy atom. The molecule has 0 amide bonds. The SMILES string of the molecule is Cc1ccc(S(=O)(=O)NCC(O)(c2ccccc2)C(F)(F)F)c(C)c1. The van der Waals surface area contributed by atoms with E-state index in [-0.39, 0.29) is 4.90 Å². The van der Waals surface area contributed by atoms with Crippen molar-refractivity contribution in [1.29, 1.82) is 0 Å². The van der Waals surface area contributed by atoms with Crippen LogP contribution in [0.1, 0.15) is 16.7 Å². The number of sulfonamides is 1. The first kappa shape index (κ1) is 19.4. The topological polar surface area (TPSA) is 66.4 Å². The number of nitrogens with one attached hydrogen (secondary N) is 1. The van der Waals surface area contributed by atoms with Gasteiger partial charge in [-0.05, 0) is 31.0 Å². The molecule has 0 heterocycles. The Labute approximate surface area is 144 Å². The number of rotatable bonds is 5. The molecule has 8 heteroatoms. The van der Waals surface area contributed by atoms with E-state index in [1.165, 1.54) is 24.3 Å². The molecular weight excluding hydrogens is 355 g/mol. The van der Waals surface area contributed by atoms with Crippen LogP contribution >= 0.6 is 0 Å². The molecule has 0 bridgehead atoms. The first-order chi connectivity index (χ1) is 11.5. The van der Waals surface area contributed by atoms with Crippen LogP contribution in [0, 0.1) is 13.8 Å². The van der Waals surface area contributed by atoms with Gasteiger partial charge < -0.3 is 5.11 Å². The van der Waals surface area contributed by atoms with Gasteiger partial charge in [-0.1, -0.05) is 48.0 Å². The summed E-state index contributed by atoms with van der Waals surface area (Å²) in [6.45, 7) is 2.10. The molecule has 1 atom stereocenters. The van der Waals surface area contributed by atoms with Crippen molar-refractivity contribution < 1.29 is 26.7 Å². The Kier molecular flexibility index (Phi) is 5.27. The average molecular weight is 373 g/mol.